The molecule has 1 atom stereocenters. The molecule has 1 saturated heterocycles. The van der Waals surface area contributed by atoms with Crippen LogP contribution in [0.25, 0.3) is 0 Å². The topological polar surface area (TPSA) is 91.8 Å². The summed E-state index contributed by atoms with van der Waals surface area (Å²) in [6.45, 7) is 2.18. The third kappa shape index (κ3) is 3.18. The predicted molar refractivity (Wildman–Crippen MR) is 61.3 cm³/mol. The van der Waals surface area contributed by atoms with Gasteiger partial charge in [-0.05, 0) is 12.8 Å². The molecule has 0 bridgehead atoms. The van der Waals surface area contributed by atoms with Gasteiger partial charge in [-0.1, -0.05) is 6.92 Å². The van der Waals surface area contributed by atoms with Crippen LogP contribution in [0.5, 0.6) is 0 Å². The number of aliphatic carboxylic acids is 1. The molecular weight excluding hydrogens is 246 g/mol. The van der Waals surface area contributed by atoms with Crippen LogP contribution < -0.4 is 0 Å². The van der Waals surface area contributed by atoms with Crippen molar-refractivity contribution in [3.63, 3.8) is 0 Å². The highest BCUT2D eigenvalue weighted by molar-refractivity contribution is 7.91. The molecule has 6 nitrogen and oxygen atoms in total. The smallest absolute Gasteiger partial charge is 0.311 e. The number of carboxylic acid groups (broad SMARTS) is 1. The molecule has 0 aromatic rings. The van der Waals surface area contributed by atoms with Crippen molar-refractivity contribution in [2.75, 3.05) is 25.1 Å². The van der Waals surface area contributed by atoms with Gasteiger partial charge in [0.15, 0.2) is 9.84 Å². The maximum Gasteiger partial charge on any atom is 0.311 e. The van der Waals surface area contributed by atoms with Crippen LogP contribution in [0.1, 0.15) is 19.8 Å². The van der Waals surface area contributed by atoms with Gasteiger partial charge in [-0.15, -0.1) is 0 Å². The zero-order chi connectivity index (χ0) is 13.3. The van der Waals surface area contributed by atoms with E-state index < -0.39 is 32.9 Å². The Morgan fingerprint density at radius 1 is 1.41 bits per heavy atom. The fourth-order valence-corrected chi connectivity index (χ4v) is 2.65. The number of nitrogens with zero attached hydrogens (tertiary/aromatic N) is 1. The van der Waals surface area contributed by atoms with E-state index in [0.717, 1.165) is 6.26 Å². The van der Waals surface area contributed by atoms with Crippen molar-refractivity contribution in [1.29, 1.82) is 0 Å². The Labute approximate surface area is 101 Å². The fraction of sp³-hybridized carbons (Fsp3) is 0.800. The lowest BCUT2D eigenvalue weighted by molar-refractivity contribution is -0.148. The molecular formula is C10H17NO5S. The Kier molecular flexibility index (Phi) is 3.81. The fourth-order valence-electron chi connectivity index (χ4n) is 2.02. The molecule has 1 aliphatic rings. The van der Waals surface area contributed by atoms with E-state index in [1.807, 2.05) is 0 Å². The molecule has 0 aromatic carbocycles. The first-order chi connectivity index (χ1) is 7.70. The zero-order valence-corrected chi connectivity index (χ0v) is 10.8. The van der Waals surface area contributed by atoms with E-state index in [-0.39, 0.29) is 6.54 Å². The number of sulfone groups is 1. The predicted octanol–water partition coefficient (Wildman–Crippen LogP) is -0.256. The maximum atomic E-state index is 11.6. The molecule has 0 saturated carbocycles. The van der Waals surface area contributed by atoms with Crippen LogP contribution in [0.3, 0.4) is 0 Å². The van der Waals surface area contributed by atoms with Gasteiger partial charge >= 0.3 is 5.97 Å². The van der Waals surface area contributed by atoms with Crippen LogP contribution in [0, 0.1) is 5.41 Å². The molecule has 1 rings (SSSR count). The van der Waals surface area contributed by atoms with Crippen molar-refractivity contribution < 1.29 is 23.1 Å². The van der Waals surface area contributed by atoms with Gasteiger partial charge in [0.05, 0.1) is 5.41 Å². The van der Waals surface area contributed by atoms with E-state index >= 15 is 0 Å². The summed E-state index contributed by atoms with van der Waals surface area (Å²) in [5, 5.41) is 9.14. The van der Waals surface area contributed by atoms with Crippen molar-refractivity contribution in [1.82, 2.24) is 4.90 Å². The van der Waals surface area contributed by atoms with Crippen LogP contribution >= 0.6 is 0 Å². The number of likely N-dealkylation sites (tertiary alicyclic amines) is 1. The van der Waals surface area contributed by atoms with E-state index in [4.69, 9.17) is 5.11 Å². The number of rotatable bonds is 4. The van der Waals surface area contributed by atoms with Crippen LogP contribution in [0.4, 0.5) is 0 Å². The second-order valence-electron chi connectivity index (χ2n) is 4.57. The number of amides is 1. The Bertz CT molecular complexity index is 430. The van der Waals surface area contributed by atoms with Gasteiger partial charge in [-0.3, -0.25) is 9.59 Å². The summed E-state index contributed by atoms with van der Waals surface area (Å²) in [7, 11) is -3.36. The SMILES string of the molecule is CCC1(C(=O)O)CCN(C(=O)CS(C)(=O)=O)C1. The summed E-state index contributed by atoms with van der Waals surface area (Å²) in [5.41, 5.74) is -0.910. The monoisotopic (exact) mass is 263 g/mol. The standard InChI is InChI=1S/C10H17NO5S/c1-3-10(9(13)14)4-5-11(7-10)8(12)6-17(2,15)16/h3-7H2,1-2H3,(H,13,14). The summed E-state index contributed by atoms with van der Waals surface area (Å²) >= 11 is 0. The van der Waals surface area contributed by atoms with E-state index in [1.54, 1.807) is 6.92 Å². The van der Waals surface area contributed by atoms with Gasteiger partial charge in [0.1, 0.15) is 5.75 Å². The molecule has 1 N–H and O–H groups in total. The third-order valence-electron chi connectivity index (χ3n) is 3.22. The molecule has 7 heteroatoms. The van der Waals surface area contributed by atoms with Crippen molar-refractivity contribution in [3.05, 3.63) is 0 Å². The zero-order valence-electron chi connectivity index (χ0n) is 9.97. The van der Waals surface area contributed by atoms with Crippen molar-refractivity contribution in [3.8, 4) is 0 Å². The van der Waals surface area contributed by atoms with Gasteiger partial charge in [-0.2, -0.15) is 0 Å². The normalized spacial score (nSPS) is 24.9. The minimum absolute atomic E-state index is 0.104. The lowest BCUT2D eigenvalue weighted by Gasteiger charge is -2.22. The summed E-state index contributed by atoms with van der Waals surface area (Å²) < 4.78 is 22.0. The van der Waals surface area contributed by atoms with Crippen molar-refractivity contribution in [2.45, 2.75) is 19.8 Å². The highest BCUT2D eigenvalue weighted by Gasteiger charge is 2.44. The number of hydrogen-bond acceptors (Lipinski definition) is 4. The summed E-state index contributed by atoms with van der Waals surface area (Å²) in [6.07, 6.45) is 1.81. The van der Waals surface area contributed by atoms with Gasteiger partial charge in [0.25, 0.3) is 0 Å². The quantitative estimate of drug-likeness (QED) is 0.754. The molecule has 0 radical (unpaired) electrons. The molecule has 1 amide bonds. The number of carbonyl (C=O) groups excluding carboxylic acids is 1. The highest BCUT2D eigenvalue weighted by Crippen LogP contribution is 2.34. The van der Waals surface area contributed by atoms with E-state index in [9.17, 15) is 18.0 Å². The minimum atomic E-state index is -3.36. The second kappa shape index (κ2) is 4.64. The first kappa shape index (κ1) is 14.0. The molecule has 1 unspecified atom stereocenters. The Morgan fingerprint density at radius 3 is 2.35 bits per heavy atom. The van der Waals surface area contributed by atoms with E-state index in [2.05, 4.69) is 0 Å². The lowest BCUT2D eigenvalue weighted by atomic mass is 9.84. The molecule has 0 aromatic heterocycles. The van der Waals surface area contributed by atoms with Crippen LogP contribution in [0.15, 0.2) is 0 Å². The molecule has 98 valence electrons. The molecule has 1 heterocycles. The van der Waals surface area contributed by atoms with Crippen LogP contribution in [-0.2, 0) is 19.4 Å². The van der Waals surface area contributed by atoms with Crippen molar-refractivity contribution >= 4 is 21.7 Å². The third-order valence-corrected chi connectivity index (χ3v) is 3.99. The van der Waals surface area contributed by atoms with Crippen LogP contribution in [0.2, 0.25) is 0 Å². The second-order valence-corrected chi connectivity index (χ2v) is 6.71. The number of carbonyl (C=O) groups is 2. The van der Waals surface area contributed by atoms with E-state index in [1.165, 1.54) is 4.90 Å². The first-order valence-corrected chi connectivity index (χ1v) is 7.45. The van der Waals surface area contributed by atoms with Crippen molar-refractivity contribution in [2.24, 2.45) is 5.41 Å². The number of hydrogen-bond donors (Lipinski definition) is 1. The lowest BCUT2D eigenvalue weighted by Crippen LogP contribution is -2.38. The Balaban J connectivity index is 2.74. The average Bonchev–Trinajstić information content (AvgIpc) is 2.60. The highest BCUT2D eigenvalue weighted by atomic mass is 32.2. The summed E-state index contributed by atoms with van der Waals surface area (Å²) in [4.78, 5) is 24.1. The van der Waals surface area contributed by atoms with E-state index in [0.29, 0.717) is 19.4 Å². The molecule has 17 heavy (non-hydrogen) atoms. The van der Waals surface area contributed by atoms with Gasteiger partial charge in [-0.25, -0.2) is 8.42 Å². The molecule has 1 fully saturated rings. The summed E-state index contributed by atoms with van der Waals surface area (Å²) in [5.74, 6) is -1.98. The molecule has 0 spiro atoms. The Hall–Kier alpha value is -1.11. The number of carboxylic acids is 1. The molecule has 1 aliphatic heterocycles. The van der Waals surface area contributed by atoms with Gasteiger partial charge < -0.3 is 10.0 Å². The average molecular weight is 263 g/mol. The first-order valence-electron chi connectivity index (χ1n) is 5.39. The largest absolute Gasteiger partial charge is 0.481 e. The summed E-state index contributed by atoms with van der Waals surface area (Å²) in [6, 6.07) is 0. The van der Waals surface area contributed by atoms with Crippen LogP contribution in [-0.4, -0.2) is 55.4 Å². The molecule has 0 aliphatic carbocycles. The Morgan fingerprint density at radius 2 is 2.00 bits per heavy atom. The van der Waals surface area contributed by atoms with Gasteiger partial charge in [0.2, 0.25) is 5.91 Å². The minimum Gasteiger partial charge on any atom is -0.481 e. The van der Waals surface area contributed by atoms with Gasteiger partial charge in [0, 0.05) is 19.3 Å². The maximum absolute atomic E-state index is 11.6.